The Morgan fingerprint density at radius 1 is 1.00 bits per heavy atom. The number of anilines is 2. The van der Waals surface area contributed by atoms with Crippen LogP contribution in [0.5, 0.6) is 0 Å². The Kier molecular flexibility index (Phi) is 5.01. The smallest absolute Gasteiger partial charge is 0.229 e. The van der Waals surface area contributed by atoms with Crippen molar-refractivity contribution in [3.63, 3.8) is 0 Å². The molecule has 0 unspecified atom stereocenters. The Balaban J connectivity index is 1.53. The highest BCUT2D eigenvalue weighted by Gasteiger charge is 2.17. The summed E-state index contributed by atoms with van der Waals surface area (Å²) in [5, 5.41) is 0. The lowest BCUT2D eigenvalue weighted by molar-refractivity contribution is 0.250. The van der Waals surface area contributed by atoms with Crippen molar-refractivity contribution in [3.8, 4) is 0 Å². The van der Waals surface area contributed by atoms with E-state index in [1.165, 1.54) is 11.3 Å². The van der Waals surface area contributed by atoms with Gasteiger partial charge in [-0.3, -0.25) is 14.6 Å². The Labute approximate surface area is 143 Å². The van der Waals surface area contributed by atoms with E-state index in [9.17, 15) is 8.42 Å². The molecule has 1 fully saturated rings. The number of sulfonamides is 1. The van der Waals surface area contributed by atoms with Crippen LogP contribution in [0.1, 0.15) is 5.56 Å². The summed E-state index contributed by atoms with van der Waals surface area (Å²) in [6.45, 7) is 4.89. The molecular formula is C17H22N4O2S. The van der Waals surface area contributed by atoms with Gasteiger partial charge in [-0.15, -0.1) is 0 Å². The van der Waals surface area contributed by atoms with Crippen molar-refractivity contribution in [2.75, 3.05) is 42.1 Å². The van der Waals surface area contributed by atoms with Crippen molar-refractivity contribution in [1.29, 1.82) is 0 Å². The topological polar surface area (TPSA) is 65.5 Å². The first-order chi connectivity index (χ1) is 11.5. The number of nitrogens with one attached hydrogen (secondary N) is 1. The maximum atomic E-state index is 11.2. The van der Waals surface area contributed by atoms with Crippen molar-refractivity contribution < 1.29 is 8.42 Å². The van der Waals surface area contributed by atoms with E-state index in [2.05, 4.69) is 19.5 Å². The fraction of sp³-hybridized carbons (Fsp3) is 0.353. The summed E-state index contributed by atoms with van der Waals surface area (Å²) in [7, 11) is -3.22. The summed E-state index contributed by atoms with van der Waals surface area (Å²) in [5.74, 6) is 0. The molecule has 1 aliphatic rings. The molecule has 0 radical (unpaired) electrons. The van der Waals surface area contributed by atoms with Crippen LogP contribution in [0.2, 0.25) is 0 Å². The number of benzene rings is 1. The van der Waals surface area contributed by atoms with Crippen LogP contribution in [0.4, 0.5) is 11.4 Å². The number of hydrogen-bond donors (Lipinski definition) is 1. The van der Waals surface area contributed by atoms with Crippen LogP contribution in [0, 0.1) is 0 Å². The molecule has 0 amide bonds. The molecule has 1 aromatic heterocycles. The first-order valence-corrected chi connectivity index (χ1v) is 9.83. The highest BCUT2D eigenvalue weighted by Crippen LogP contribution is 2.17. The summed E-state index contributed by atoms with van der Waals surface area (Å²) < 4.78 is 24.9. The van der Waals surface area contributed by atoms with Crippen LogP contribution in [-0.4, -0.2) is 50.7 Å². The Bertz CT molecular complexity index is 755. The molecule has 2 heterocycles. The van der Waals surface area contributed by atoms with Crippen molar-refractivity contribution >= 4 is 21.4 Å². The molecule has 7 heteroatoms. The lowest BCUT2D eigenvalue weighted by Crippen LogP contribution is -2.45. The molecule has 6 nitrogen and oxygen atoms in total. The third kappa shape index (κ3) is 4.69. The van der Waals surface area contributed by atoms with Crippen LogP contribution in [0.15, 0.2) is 48.8 Å². The fourth-order valence-electron chi connectivity index (χ4n) is 2.87. The van der Waals surface area contributed by atoms with Gasteiger partial charge in [-0.2, -0.15) is 0 Å². The minimum atomic E-state index is -3.22. The lowest BCUT2D eigenvalue weighted by Gasteiger charge is -2.36. The zero-order valence-corrected chi connectivity index (χ0v) is 14.5. The summed E-state index contributed by atoms with van der Waals surface area (Å²) >= 11 is 0. The van der Waals surface area contributed by atoms with Gasteiger partial charge in [0.1, 0.15) is 0 Å². The van der Waals surface area contributed by atoms with Crippen LogP contribution in [0.25, 0.3) is 0 Å². The van der Waals surface area contributed by atoms with E-state index >= 15 is 0 Å². The zero-order chi connectivity index (χ0) is 17.0. The largest absolute Gasteiger partial charge is 0.369 e. The molecule has 1 aromatic carbocycles. The molecule has 0 bridgehead atoms. The number of nitrogens with zero attached hydrogens (tertiary/aromatic N) is 3. The molecule has 128 valence electrons. The second-order valence-electron chi connectivity index (χ2n) is 6.04. The van der Waals surface area contributed by atoms with E-state index in [0.29, 0.717) is 5.69 Å². The second-order valence-corrected chi connectivity index (χ2v) is 7.79. The predicted molar refractivity (Wildman–Crippen MR) is 96.6 cm³/mol. The quantitative estimate of drug-likeness (QED) is 0.894. The van der Waals surface area contributed by atoms with E-state index in [-0.39, 0.29) is 0 Å². The molecule has 0 saturated carbocycles. The van der Waals surface area contributed by atoms with Gasteiger partial charge in [0.15, 0.2) is 0 Å². The number of aromatic nitrogens is 1. The average Bonchev–Trinajstić information content (AvgIpc) is 2.57. The van der Waals surface area contributed by atoms with Gasteiger partial charge < -0.3 is 4.90 Å². The van der Waals surface area contributed by atoms with E-state index < -0.39 is 10.0 Å². The van der Waals surface area contributed by atoms with Crippen molar-refractivity contribution in [1.82, 2.24) is 9.88 Å². The van der Waals surface area contributed by atoms with E-state index in [1.54, 1.807) is 0 Å². The second kappa shape index (κ2) is 7.19. The number of piperazine rings is 1. The highest BCUT2D eigenvalue weighted by atomic mass is 32.2. The molecule has 1 aliphatic heterocycles. The first kappa shape index (κ1) is 16.7. The van der Waals surface area contributed by atoms with Crippen molar-refractivity contribution in [3.05, 3.63) is 54.4 Å². The SMILES string of the molecule is CS(=O)(=O)Nc1ccc(CN2CCN(c3ccncc3)CC2)cc1. The number of hydrogen-bond acceptors (Lipinski definition) is 5. The zero-order valence-electron chi connectivity index (χ0n) is 13.7. The molecule has 1 N–H and O–H groups in total. The number of rotatable bonds is 5. The number of pyridine rings is 1. The van der Waals surface area contributed by atoms with Crippen LogP contribution in [-0.2, 0) is 16.6 Å². The molecular weight excluding hydrogens is 324 g/mol. The Morgan fingerprint density at radius 3 is 2.21 bits per heavy atom. The van der Waals surface area contributed by atoms with E-state index in [0.717, 1.165) is 39.0 Å². The molecule has 1 saturated heterocycles. The lowest BCUT2D eigenvalue weighted by atomic mass is 10.2. The molecule has 0 aliphatic carbocycles. The molecule has 0 spiro atoms. The average molecular weight is 346 g/mol. The predicted octanol–water partition coefficient (Wildman–Crippen LogP) is 1.78. The summed E-state index contributed by atoms with van der Waals surface area (Å²) in [6, 6.07) is 11.7. The van der Waals surface area contributed by atoms with Gasteiger partial charge in [0.2, 0.25) is 10.0 Å². The standard InChI is InChI=1S/C17H22N4O2S/c1-24(22,23)19-16-4-2-15(3-5-16)14-20-10-12-21(13-11-20)17-6-8-18-9-7-17/h2-9,19H,10-14H2,1H3. The highest BCUT2D eigenvalue weighted by molar-refractivity contribution is 7.92. The minimum Gasteiger partial charge on any atom is -0.369 e. The van der Waals surface area contributed by atoms with Gasteiger partial charge >= 0.3 is 0 Å². The third-order valence-electron chi connectivity index (χ3n) is 4.06. The van der Waals surface area contributed by atoms with Crippen LogP contribution < -0.4 is 9.62 Å². The van der Waals surface area contributed by atoms with Gasteiger partial charge in [0.05, 0.1) is 6.26 Å². The Hall–Kier alpha value is -2.12. The minimum absolute atomic E-state index is 0.601. The van der Waals surface area contributed by atoms with Gasteiger partial charge in [-0.25, -0.2) is 8.42 Å². The van der Waals surface area contributed by atoms with E-state index in [4.69, 9.17) is 0 Å². The van der Waals surface area contributed by atoms with Crippen molar-refractivity contribution in [2.24, 2.45) is 0 Å². The molecule has 2 aromatic rings. The van der Waals surface area contributed by atoms with Crippen LogP contribution in [0.3, 0.4) is 0 Å². The summed E-state index contributed by atoms with van der Waals surface area (Å²) in [4.78, 5) is 8.85. The fourth-order valence-corrected chi connectivity index (χ4v) is 3.43. The van der Waals surface area contributed by atoms with Gasteiger partial charge in [-0.1, -0.05) is 12.1 Å². The molecule has 0 atom stereocenters. The first-order valence-electron chi connectivity index (χ1n) is 7.94. The third-order valence-corrected chi connectivity index (χ3v) is 4.67. The monoisotopic (exact) mass is 346 g/mol. The normalized spacial score (nSPS) is 16.1. The summed E-state index contributed by atoms with van der Waals surface area (Å²) in [5.41, 5.74) is 3.01. The van der Waals surface area contributed by atoms with Gasteiger partial charge in [0, 0.05) is 56.5 Å². The van der Waals surface area contributed by atoms with E-state index in [1.807, 2.05) is 48.8 Å². The maximum Gasteiger partial charge on any atom is 0.229 e. The maximum absolute atomic E-state index is 11.2. The summed E-state index contributed by atoms with van der Waals surface area (Å²) in [6.07, 6.45) is 4.81. The van der Waals surface area contributed by atoms with Crippen molar-refractivity contribution in [2.45, 2.75) is 6.54 Å². The molecule has 24 heavy (non-hydrogen) atoms. The molecule has 3 rings (SSSR count). The van der Waals surface area contributed by atoms with Crippen LogP contribution >= 0.6 is 0 Å². The van der Waals surface area contributed by atoms with Gasteiger partial charge in [-0.05, 0) is 29.8 Å². The van der Waals surface area contributed by atoms with Gasteiger partial charge in [0.25, 0.3) is 0 Å². The Morgan fingerprint density at radius 2 is 1.62 bits per heavy atom.